The summed E-state index contributed by atoms with van der Waals surface area (Å²) < 4.78 is 5.13. The van der Waals surface area contributed by atoms with Gasteiger partial charge in [-0.15, -0.1) is 0 Å². The van der Waals surface area contributed by atoms with Crippen LogP contribution >= 0.6 is 0 Å². The monoisotopic (exact) mass is 267 g/mol. The molecule has 1 atom stereocenters. The molecule has 0 aromatic heterocycles. The molecule has 1 amide bonds. The summed E-state index contributed by atoms with van der Waals surface area (Å²) in [6.07, 6.45) is 12.1. The second-order valence-electron chi connectivity index (χ2n) is 4.94. The van der Waals surface area contributed by atoms with Crippen molar-refractivity contribution in [2.24, 2.45) is 0 Å². The average Bonchev–Trinajstić information content (AvgIpc) is 2.83. The molecule has 0 radical (unpaired) electrons. The van der Waals surface area contributed by atoms with Crippen molar-refractivity contribution in [2.75, 3.05) is 6.61 Å². The highest BCUT2D eigenvalue weighted by molar-refractivity contribution is 5.87. The third kappa shape index (κ3) is 6.99. The molecule has 108 valence electrons. The largest absolute Gasteiger partial charge is 0.464 e. The topological polar surface area (TPSA) is 55.4 Å². The Bertz CT molecular complexity index is 313. The quantitative estimate of drug-likeness (QED) is 0.397. The summed E-state index contributed by atoms with van der Waals surface area (Å²) in [5.74, 6) is -0.352. The highest BCUT2D eigenvalue weighted by Gasteiger charge is 2.28. The summed E-state index contributed by atoms with van der Waals surface area (Å²) in [6.45, 7) is 2.63. The van der Waals surface area contributed by atoms with Crippen LogP contribution in [-0.4, -0.2) is 24.5 Å². The molecule has 1 heterocycles. The van der Waals surface area contributed by atoms with Crippen LogP contribution in [0, 0.1) is 0 Å². The number of esters is 1. The smallest absolute Gasteiger partial charge is 0.328 e. The second kappa shape index (κ2) is 9.59. The van der Waals surface area contributed by atoms with Gasteiger partial charge in [-0.25, -0.2) is 4.79 Å². The second-order valence-corrected chi connectivity index (χ2v) is 4.94. The summed E-state index contributed by atoms with van der Waals surface area (Å²) in [6, 6.07) is -0.419. The van der Waals surface area contributed by atoms with Crippen molar-refractivity contribution in [3.63, 3.8) is 0 Å². The first-order valence-electron chi connectivity index (χ1n) is 7.35. The first-order valence-corrected chi connectivity index (χ1v) is 7.35. The fourth-order valence-corrected chi connectivity index (χ4v) is 2.01. The third-order valence-electron chi connectivity index (χ3n) is 3.18. The number of nitrogens with one attached hydrogen (secondary N) is 1. The van der Waals surface area contributed by atoms with E-state index in [1.54, 1.807) is 0 Å². The molecule has 1 N–H and O–H groups in total. The Labute approximate surface area is 115 Å². The summed E-state index contributed by atoms with van der Waals surface area (Å²) >= 11 is 0. The van der Waals surface area contributed by atoms with Crippen LogP contribution in [0.1, 0.15) is 58.3 Å². The van der Waals surface area contributed by atoms with Gasteiger partial charge in [-0.05, 0) is 32.1 Å². The lowest BCUT2D eigenvalue weighted by molar-refractivity contribution is -0.146. The molecular formula is C15H25NO3. The van der Waals surface area contributed by atoms with Gasteiger partial charge >= 0.3 is 5.97 Å². The van der Waals surface area contributed by atoms with Crippen molar-refractivity contribution in [1.82, 2.24) is 5.32 Å². The van der Waals surface area contributed by atoms with Crippen LogP contribution in [0.2, 0.25) is 0 Å². The van der Waals surface area contributed by atoms with E-state index in [2.05, 4.69) is 24.4 Å². The molecule has 1 aliphatic rings. The zero-order valence-electron chi connectivity index (χ0n) is 11.8. The van der Waals surface area contributed by atoms with E-state index in [0.29, 0.717) is 19.4 Å². The molecule has 1 fully saturated rings. The first kappa shape index (κ1) is 15.7. The number of allylic oxidation sites excluding steroid dienone is 2. The van der Waals surface area contributed by atoms with Crippen molar-refractivity contribution >= 4 is 11.9 Å². The maximum absolute atomic E-state index is 11.5. The fourth-order valence-electron chi connectivity index (χ4n) is 2.01. The molecule has 1 aliphatic heterocycles. The molecule has 4 nitrogen and oxygen atoms in total. The Balaban J connectivity index is 1.95. The minimum absolute atomic E-state index is 0.0584. The summed E-state index contributed by atoms with van der Waals surface area (Å²) in [5.41, 5.74) is 0. The molecule has 19 heavy (non-hydrogen) atoms. The van der Waals surface area contributed by atoms with E-state index >= 15 is 0 Å². The molecule has 0 saturated carbocycles. The third-order valence-corrected chi connectivity index (χ3v) is 3.18. The van der Waals surface area contributed by atoms with E-state index in [1.807, 2.05) is 0 Å². The maximum atomic E-state index is 11.5. The van der Waals surface area contributed by atoms with Gasteiger partial charge in [0, 0.05) is 6.42 Å². The van der Waals surface area contributed by atoms with Crippen LogP contribution in [-0.2, 0) is 14.3 Å². The predicted octanol–water partition coefficient (Wildman–Crippen LogP) is 2.72. The van der Waals surface area contributed by atoms with Gasteiger partial charge in [-0.3, -0.25) is 4.79 Å². The number of carbonyl (C=O) groups excluding carboxylic acids is 2. The van der Waals surface area contributed by atoms with E-state index in [0.717, 1.165) is 19.3 Å². The van der Waals surface area contributed by atoms with Gasteiger partial charge in [-0.2, -0.15) is 0 Å². The number of amides is 1. The Kier molecular flexibility index (Phi) is 7.94. The van der Waals surface area contributed by atoms with Crippen molar-refractivity contribution in [2.45, 2.75) is 64.3 Å². The number of hydrogen-bond donors (Lipinski definition) is 1. The lowest BCUT2D eigenvalue weighted by Crippen LogP contribution is -2.34. The lowest BCUT2D eigenvalue weighted by atomic mass is 10.2. The van der Waals surface area contributed by atoms with Gasteiger partial charge in [0.2, 0.25) is 5.91 Å². The maximum Gasteiger partial charge on any atom is 0.328 e. The van der Waals surface area contributed by atoms with Crippen LogP contribution < -0.4 is 5.32 Å². The summed E-state index contributed by atoms with van der Waals surface area (Å²) in [7, 11) is 0. The highest BCUT2D eigenvalue weighted by atomic mass is 16.5. The van der Waals surface area contributed by atoms with Crippen LogP contribution in [0.25, 0.3) is 0 Å². The van der Waals surface area contributed by atoms with Crippen LogP contribution in [0.3, 0.4) is 0 Å². The number of rotatable bonds is 9. The molecule has 4 heteroatoms. The van der Waals surface area contributed by atoms with Gasteiger partial charge in [0.25, 0.3) is 0 Å². The van der Waals surface area contributed by atoms with Gasteiger partial charge in [0.05, 0.1) is 6.61 Å². The van der Waals surface area contributed by atoms with Crippen molar-refractivity contribution in [3.8, 4) is 0 Å². The SMILES string of the molecule is CCCCCC=CCCCOC(=O)[C@@H]1CCC(=O)N1. The zero-order valence-corrected chi connectivity index (χ0v) is 11.8. The molecule has 0 aliphatic carbocycles. The molecule has 1 rings (SSSR count). The predicted molar refractivity (Wildman–Crippen MR) is 74.6 cm³/mol. The van der Waals surface area contributed by atoms with Crippen molar-refractivity contribution in [3.05, 3.63) is 12.2 Å². The van der Waals surface area contributed by atoms with Crippen LogP contribution in [0.15, 0.2) is 12.2 Å². The number of unbranched alkanes of at least 4 members (excludes halogenated alkanes) is 4. The fraction of sp³-hybridized carbons (Fsp3) is 0.733. The number of hydrogen-bond acceptors (Lipinski definition) is 3. The van der Waals surface area contributed by atoms with Crippen molar-refractivity contribution in [1.29, 1.82) is 0 Å². The standard InChI is InChI=1S/C15H25NO3/c1-2-3-4-5-6-7-8-9-12-19-15(18)13-10-11-14(17)16-13/h6-7,13H,2-5,8-12H2,1H3,(H,16,17)/t13-/m0/s1. The van der Waals surface area contributed by atoms with Crippen molar-refractivity contribution < 1.29 is 14.3 Å². The Morgan fingerprint density at radius 2 is 2.05 bits per heavy atom. The number of ether oxygens (including phenoxy) is 1. The van der Waals surface area contributed by atoms with Gasteiger partial charge in [0.15, 0.2) is 0 Å². The minimum Gasteiger partial charge on any atom is -0.464 e. The molecule has 1 saturated heterocycles. The van der Waals surface area contributed by atoms with E-state index in [-0.39, 0.29) is 11.9 Å². The Hall–Kier alpha value is -1.32. The minimum atomic E-state index is -0.419. The summed E-state index contributed by atoms with van der Waals surface area (Å²) in [5, 5.41) is 2.61. The van der Waals surface area contributed by atoms with Gasteiger partial charge < -0.3 is 10.1 Å². The average molecular weight is 267 g/mol. The van der Waals surface area contributed by atoms with E-state index in [1.165, 1.54) is 19.3 Å². The number of carbonyl (C=O) groups is 2. The Morgan fingerprint density at radius 3 is 2.68 bits per heavy atom. The molecule has 0 aromatic rings. The zero-order chi connectivity index (χ0) is 13.9. The van der Waals surface area contributed by atoms with E-state index < -0.39 is 6.04 Å². The van der Waals surface area contributed by atoms with E-state index in [9.17, 15) is 9.59 Å². The molecule has 0 unspecified atom stereocenters. The summed E-state index contributed by atoms with van der Waals surface area (Å²) in [4.78, 5) is 22.5. The molecule has 0 bridgehead atoms. The Morgan fingerprint density at radius 1 is 1.32 bits per heavy atom. The lowest BCUT2D eigenvalue weighted by Gasteiger charge is -2.09. The normalized spacial score (nSPS) is 18.8. The highest BCUT2D eigenvalue weighted by Crippen LogP contribution is 2.08. The van der Waals surface area contributed by atoms with Crippen LogP contribution in [0.5, 0.6) is 0 Å². The van der Waals surface area contributed by atoms with Gasteiger partial charge in [-0.1, -0.05) is 31.9 Å². The molecule has 0 aromatic carbocycles. The van der Waals surface area contributed by atoms with Crippen LogP contribution in [0.4, 0.5) is 0 Å². The van der Waals surface area contributed by atoms with Gasteiger partial charge in [0.1, 0.15) is 6.04 Å². The first-order chi connectivity index (χ1) is 9.24. The van der Waals surface area contributed by atoms with E-state index in [4.69, 9.17) is 4.74 Å². The molecule has 0 spiro atoms. The molecular weight excluding hydrogens is 242 g/mol.